The van der Waals surface area contributed by atoms with Gasteiger partial charge in [-0.25, -0.2) is 0 Å². The number of hydrogen-bond acceptors (Lipinski definition) is 2. The lowest BCUT2D eigenvalue weighted by Crippen LogP contribution is -2.38. The van der Waals surface area contributed by atoms with E-state index in [1.165, 1.54) is 32.1 Å². The molecule has 3 atom stereocenters. The van der Waals surface area contributed by atoms with Crippen molar-refractivity contribution in [2.45, 2.75) is 71.9 Å². The summed E-state index contributed by atoms with van der Waals surface area (Å²) in [5, 5.41) is 3.75. The van der Waals surface area contributed by atoms with E-state index in [0.717, 1.165) is 25.0 Å². The highest BCUT2D eigenvalue weighted by Gasteiger charge is 2.30. The molecule has 1 aliphatic heterocycles. The van der Waals surface area contributed by atoms with Gasteiger partial charge < -0.3 is 10.1 Å². The Balaban J connectivity index is 2.47. The first kappa shape index (κ1) is 15.0. The highest BCUT2D eigenvalue weighted by molar-refractivity contribution is 4.83. The maximum absolute atomic E-state index is 5.74. The first-order valence-electron chi connectivity index (χ1n) is 7.56. The van der Waals surface area contributed by atoms with E-state index in [0.29, 0.717) is 12.1 Å². The molecule has 0 aromatic carbocycles. The van der Waals surface area contributed by atoms with E-state index in [-0.39, 0.29) is 0 Å². The molecule has 3 unspecified atom stereocenters. The van der Waals surface area contributed by atoms with E-state index in [9.17, 15) is 0 Å². The molecule has 1 heterocycles. The molecule has 0 bridgehead atoms. The van der Waals surface area contributed by atoms with E-state index < -0.39 is 0 Å². The third-order valence-corrected chi connectivity index (χ3v) is 4.20. The Labute approximate surface area is 108 Å². The molecule has 0 spiro atoms. The van der Waals surface area contributed by atoms with Gasteiger partial charge in [0.1, 0.15) is 0 Å². The lowest BCUT2D eigenvalue weighted by atomic mass is 9.86. The summed E-state index contributed by atoms with van der Waals surface area (Å²) in [5.74, 6) is 1.61. The van der Waals surface area contributed by atoms with Gasteiger partial charge in [-0.1, -0.05) is 33.6 Å². The van der Waals surface area contributed by atoms with Crippen LogP contribution in [0.3, 0.4) is 0 Å². The SMILES string of the molecule is CCCNC(CC(CC)CC)C1COC(C)C1. The van der Waals surface area contributed by atoms with Crippen LogP contribution in [-0.2, 0) is 4.74 Å². The zero-order valence-electron chi connectivity index (χ0n) is 12.2. The minimum atomic E-state index is 0.465. The van der Waals surface area contributed by atoms with Crippen LogP contribution in [0.1, 0.15) is 59.8 Å². The predicted octanol–water partition coefficient (Wildman–Crippen LogP) is 3.61. The molecule has 17 heavy (non-hydrogen) atoms. The third-order valence-electron chi connectivity index (χ3n) is 4.20. The Kier molecular flexibility index (Phi) is 7.14. The lowest BCUT2D eigenvalue weighted by molar-refractivity contribution is 0.115. The van der Waals surface area contributed by atoms with Crippen molar-refractivity contribution >= 4 is 0 Å². The molecule has 0 aromatic heterocycles. The molecule has 0 aliphatic carbocycles. The molecule has 0 amide bonds. The van der Waals surface area contributed by atoms with Crippen molar-refractivity contribution in [3.8, 4) is 0 Å². The zero-order valence-corrected chi connectivity index (χ0v) is 12.2. The van der Waals surface area contributed by atoms with Crippen LogP contribution in [0.2, 0.25) is 0 Å². The summed E-state index contributed by atoms with van der Waals surface area (Å²) in [6, 6.07) is 0.671. The molecular weight excluding hydrogens is 210 g/mol. The summed E-state index contributed by atoms with van der Waals surface area (Å²) in [4.78, 5) is 0. The summed E-state index contributed by atoms with van der Waals surface area (Å²) in [6.07, 6.45) is 6.87. The van der Waals surface area contributed by atoms with Crippen molar-refractivity contribution in [1.29, 1.82) is 0 Å². The average Bonchev–Trinajstić information content (AvgIpc) is 2.76. The molecule has 2 nitrogen and oxygen atoms in total. The van der Waals surface area contributed by atoms with Gasteiger partial charge >= 0.3 is 0 Å². The minimum Gasteiger partial charge on any atom is -0.378 e. The van der Waals surface area contributed by atoms with Crippen LogP contribution in [-0.4, -0.2) is 25.3 Å². The van der Waals surface area contributed by atoms with Crippen LogP contribution < -0.4 is 5.32 Å². The predicted molar refractivity (Wildman–Crippen MR) is 74.3 cm³/mol. The third kappa shape index (κ3) is 4.97. The molecule has 1 aliphatic rings. The van der Waals surface area contributed by atoms with Gasteiger partial charge in [0.05, 0.1) is 12.7 Å². The average molecular weight is 241 g/mol. The quantitative estimate of drug-likeness (QED) is 0.701. The minimum absolute atomic E-state index is 0.465. The maximum Gasteiger partial charge on any atom is 0.0551 e. The Hall–Kier alpha value is -0.0800. The fourth-order valence-corrected chi connectivity index (χ4v) is 2.88. The van der Waals surface area contributed by atoms with Crippen molar-refractivity contribution in [2.75, 3.05) is 13.2 Å². The Morgan fingerprint density at radius 3 is 2.41 bits per heavy atom. The molecular formula is C15H31NO. The molecule has 0 aromatic rings. The fraction of sp³-hybridized carbons (Fsp3) is 1.00. The van der Waals surface area contributed by atoms with Gasteiger partial charge in [-0.15, -0.1) is 0 Å². The number of ether oxygens (including phenoxy) is 1. The molecule has 0 radical (unpaired) electrons. The Morgan fingerprint density at radius 2 is 1.94 bits per heavy atom. The highest BCUT2D eigenvalue weighted by Crippen LogP contribution is 2.27. The van der Waals surface area contributed by atoms with Crippen molar-refractivity contribution in [2.24, 2.45) is 11.8 Å². The summed E-state index contributed by atoms with van der Waals surface area (Å²) < 4.78 is 5.74. The molecule has 1 rings (SSSR count). The Bertz CT molecular complexity index is 191. The highest BCUT2D eigenvalue weighted by atomic mass is 16.5. The lowest BCUT2D eigenvalue weighted by Gasteiger charge is -2.27. The molecule has 1 fully saturated rings. The maximum atomic E-state index is 5.74. The summed E-state index contributed by atoms with van der Waals surface area (Å²) >= 11 is 0. The summed E-state index contributed by atoms with van der Waals surface area (Å²) in [7, 11) is 0. The first-order chi connectivity index (χ1) is 8.21. The van der Waals surface area contributed by atoms with Crippen LogP contribution in [0.5, 0.6) is 0 Å². The summed E-state index contributed by atoms with van der Waals surface area (Å²) in [5.41, 5.74) is 0. The van der Waals surface area contributed by atoms with Gasteiger partial charge in [0, 0.05) is 12.0 Å². The molecule has 2 heteroatoms. The smallest absolute Gasteiger partial charge is 0.0551 e. The van der Waals surface area contributed by atoms with Gasteiger partial charge in [0.25, 0.3) is 0 Å². The van der Waals surface area contributed by atoms with Crippen molar-refractivity contribution in [1.82, 2.24) is 5.32 Å². The summed E-state index contributed by atoms with van der Waals surface area (Å²) in [6.45, 7) is 11.2. The standard InChI is InChI=1S/C15H31NO/c1-5-8-16-15(10-13(6-2)7-3)14-9-12(4)17-11-14/h12-16H,5-11H2,1-4H3. The first-order valence-corrected chi connectivity index (χ1v) is 7.56. The van der Waals surface area contributed by atoms with Gasteiger partial charge in [-0.2, -0.15) is 0 Å². The largest absolute Gasteiger partial charge is 0.378 e. The van der Waals surface area contributed by atoms with E-state index in [2.05, 4.69) is 33.0 Å². The van der Waals surface area contributed by atoms with E-state index in [1.807, 2.05) is 0 Å². The van der Waals surface area contributed by atoms with Crippen molar-refractivity contribution in [3.05, 3.63) is 0 Å². The van der Waals surface area contributed by atoms with Crippen LogP contribution in [0.15, 0.2) is 0 Å². The molecule has 1 saturated heterocycles. The van der Waals surface area contributed by atoms with Crippen LogP contribution in [0, 0.1) is 11.8 Å². The number of rotatable bonds is 8. The van der Waals surface area contributed by atoms with E-state index in [1.54, 1.807) is 0 Å². The number of hydrogen-bond donors (Lipinski definition) is 1. The Morgan fingerprint density at radius 1 is 1.24 bits per heavy atom. The second kappa shape index (κ2) is 8.10. The topological polar surface area (TPSA) is 21.3 Å². The monoisotopic (exact) mass is 241 g/mol. The number of nitrogens with one attached hydrogen (secondary N) is 1. The van der Waals surface area contributed by atoms with Crippen LogP contribution >= 0.6 is 0 Å². The molecule has 1 N–H and O–H groups in total. The van der Waals surface area contributed by atoms with Crippen molar-refractivity contribution < 1.29 is 4.74 Å². The van der Waals surface area contributed by atoms with E-state index >= 15 is 0 Å². The van der Waals surface area contributed by atoms with Crippen molar-refractivity contribution in [3.63, 3.8) is 0 Å². The van der Waals surface area contributed by atoms with Gasteiger partial charge in [0.15, 0.2) is 0 Å². The second-order valence-corrected chi connectivity index (χ2v) is 5.62. The van der Waals surface area contributed by atoms with Crippen LogP contribution in [0.25, 0.3) is 0 Å². The fourth-order valence-electron chi connectivity index (χ4n) is 2.88. The zero-order chi connectivity index (χ0) is 12.7. The molecule has 102 valence electrons. The van der Waals surface area contributed by atoms with Gasteiger partial charge in [-0.3, -0.25) is 0 Å². The van der Waals surface area contributed by atoms with Gasteiger partial charge in [-0.05, 0) is 38.6 Å². The molecule has 0 saturated carbocycles. The van der Waals surface area contributed by atoms with E-state index in [4.69, 9.17) is 4.74 Å². The normalized spacial score (nSPS) is 26.6. The van der Waals surface area contributed by atoms with Crippen LogP contribution in [0.4, 0.5) is 0 Å². The van der Waals surface area contributed by atoms with Gasteiger partial charge in [0.2, 0.25) is 0 Å². The second-order valence-electron chi connectivity index (χ2n) is 5.62.